The van der Waals surface area contributed by atoms with Crippen LogP contribution in [0.15, 0.2) is 71.9 Å². The summed E-state index contributed by atoms with van der Waals surface area (Å²) in [6, 6.07) is 13.4. The van der Waals surface area contributed by atoms with Gasteiger partial charge in [-0.05, 0) is 54.6 Å². The van der Waals surface area contributed by atoms with E-state index in [9.17, 15) is 23.1 Å². The van der Waals surface area contributed by atoms with Crippen LogP contribution in [0.3, 0.4) is 0 Å². The molecule has 0 aliphatic carbocycles. The number of carbonyl (C=O) groups is 2. The Hall–Kier alpha value is -3.60. The topological polar surface area (TPSA) is 122 Å². The van der Waals surface area contributed by atoms with E-state index in [1.54, 1.807) is 41.1 Å². The number of anilines is 1. The lowest BCUT2D eigenvalue weighted by atomic mass is 10.2. The van der Waals surface area contributed by atoms with E-state index >= 15 is 0 Å². The first-order chi connectivity index (χ1) is 16.6. The van der Waals surface area contributed by atoms with Crippen molar-refractivity contribution >= 4 is 61.7 Å². The van der Waals surface area contributed by atoms with E-state index in [0.29, 0.717) is 22.3 Å². The second-order valence-electron chi connectivity index (χ2n) is 7.42. The van der Waals surface area contributed by atoms with Crippen molar-refractivity contribution in [1.29, 1.82) is 0 Å². The number of aromatic nitrogens is 2. The molecule has 0 saturated carbocycles. The molecule has 180 valence electrons. The molecule has 0 fully saturated rings. The maximum Gasteiger partial charge on any atom is 0.324 e. The van der Waals surface area contributed by atoms with E-state index in [0.717, 1.165) is 4.31 Å². The number of aliphatic carboxylic acids is 1. The number of carboxylic acid groups (broad SMARTS) is 1. The summed E-state index contributed by atoms with van der Waals surface area (Å²) in [6.45, 7) is -0.811. The summed E-state index contributed by atoms with van der Waals surface area (Å²) in [7, 11) is -2.78. The third-order valence-corrected chi connectivity index (χ3v) is 7.33. The average Bonchev–Trinajstić information content (AvgIpc) is 3.24. The lowest BCUT2D eigenvalue weighted by Crippen LogP contribution is -2.35. The zero-order valence-corrected chi connectivity index (χ0v) is 20.5. The molecule has 0 unspecified atom stereocenters. The van der Waals surface area contributed by atoms with Crippen molar-refractivity contribution in [3.05, 3.63) is 82.6 Å². The number of hydrogen-bond donors (Lipinski definition) is 2. The third kappa shape index (κ3) is 4.95. The smallest absolute Gasteiger partial charge is 0.324 e. The molecular weight excluding hydrogens is 515 g/mol. The van der Waals surface area contributed by atoms with E-state index in [1.807, 2.05) is 0 Å². The summed E-state index contributed by atoms with van der Waals surface area (Å²) in [6.07, 6.45) is 3.23. The van der Waals surface area contributed by atoms with Crippen molar-refractivity contribution in [3.63, 3.8) is 0 Å². The number of carbonyl (C=O) groups excluding carboxylic acids is 1. The van der Waals surface area contributed by atoms with Crippen LogP contribution in [0.5, 0.6) is 0 Å². The maximum atomic E-state index is 13.4. The Morgan fingerprint density at radius 1 is 1.06 bits per heavy atom. The quantitative estimate of drug-likeness (QED) is 0.371. The fraction of sp³-hybridized carbons (Fsp3) is 0.0870. The Labute approximate surface area is 210 Å². The monoisotopic (exact) mass is 532 g/mol. The number of rotatable bonds is 7. The summed E-state index contributed by atoms with van der Waals surface area (Å²) in [5.41, 5.74) is 1.24. The number of carboxylic acids is 1. The maximum absolute atomic E-state index is 13.4. The summed E-state index contributed by atoms with van der Waals surface area (Å²) in [4.78, 5) is 27.6. The molecule has 9 nitrogen and oxygen atoms in total. The Morgan fingerprint density at radius 3 is 2.43 bits per heavy atom. The van der Waals surface area contributed by atoms with Crippen molar-refractivity contribution in [1.82, 2.24) is 14.9 Å². The molecule has 4 aromatic rings. The number of hydrogen-bond acceptors (Lipinski definition) is 5. The molecule has 0 atom stereocenters. The molecule has 0 aliphatic heterocycles. The van der Waals surface area contributed by atoms with E-state index in [4.69, 9.17) is 23.2 Å². The SMILES string of the molecule is CNC(=O)c1ccnc(-n2ccc3cc(N(CC(=O)O)S(=O)(=O)c4cc(Cl)cc(Cl)c4)ccc32)c1. The second kappa shape index (κ2) is 9.57. The highest BCUT2D eigenvalue weighted by Crippen LogP contribution is 2.31. The first-order valence-electron chi connectivity index (χ1n) is 10.1. The molecule has 35 heavy (non-hydrogen) atoms. The van der Waals surface area contributed by atoms with Crippen molar-refractivity contribution < 1.29 is 23.1 Å². The highest BCUT2D eigenvalue weighted by molar-refractivity contribution is 7.92. The molecule has 0 saturated heterocycles. The van der Waals surface area contributed by atoms with Gasteiger partial charge in [-0.25, -0.2) is 13.4 Å². The molecular formula is C23H18Cl2N4O5S. The van der Waals surface area contributed by atoms with Gasteiger partial charge in [0, 0.05) is 40.4 Å². The Morgan fingerprint density at radius 2 is 1.77 bits per heavy atom. The van der Waals surface area contributed by atoms with Crippen LogP contribution < -0.4 is 9.62 Å². The zero-order chi connectivity index (χ0) is 25.3. The zero-order valence-electron chi connectivity index (χ0n) is 18.1. The van der Waals surface area contributed by atoms with Gasteiger partial charge in [0.25, 0.3) is 15.9 Å². The molecule has 2 N–H and O–H groups in total. The minimum atomic E-state index is -4.31. The number of fused-ring (bicyclic) bond motifs is 1. The van der Waals surface area contributed by atoms with Crippen LogP contribution in [0.25, 0.3) is 16.7 Å². The largest absolute Gasteiger partial charge is 0.480 e. The lowest BCUT2D eigenvalue weighted by Gasteiger charge is -2.23. The van der Waals surface area contributed by atoms with Crippen molar-refractivity contribution in [3.8, 4) is 5.82 Å². The second-order valence-corrected chi connectivity index (χ2v) is 10.2. The van der Waals surface area contributed by atoms with Gasteiger partial charge in [-0.2, -0.15) is 0 Å². The van der Waals surface area contributed by atoms with Gasteiger partial charge >= 0.3 is 5.97 Å². The standard InChI is InChI=1S/C23H18Cl2N4O5S/c1-26-23(32)15-4-6-27-21(9-15)28-7-5-14-8-18(2-3-20(14)28)29(13-22(30)31)35(33,34)19-11-16(24)10-17(25)12-19/h2-12H,13H2,1H3,(H,26,32)(H,30,31). The van der Waals surface area contributed by atoms with Gasteiger partial charge in [0.2, 0.25) is 0 Å². The molecule has 0 bridgehead atoms. The normalized spacial score (nSPS) is 11.4. The Bertz CT molecular complexity index is 1550. The highest BCUT2D eigenvalue weighted by atomic mass is 35.5. The van der Waals surface area contributed by atoms with Gasteiger partial charge in [-0.3, -0.25) is 13.9 Å². The van der Waals surface area contributed by atoms with Gasteiger partial charge < -0.3 is 15.0 Å². The van der Waals surface area contributed by atoms with E-state index < -0.39 is 22.5 Å². The van der Waals surface area contributed by atoms with Crippen molar-refractivity contribution in [2.75, 3.05) is 17.9 Å². The predicted octanol–water partition coefficient (Wildman–Crippen LogP) is 3.97. The minimum Gasteiger partial charge on any atom is -0.480 e. The van der Waals surface area contributed by atoms with Crippen LogP contribution in [0, 0.1) is 0 Å². The Kier molecular flexibility index (Phi) is 6.70. The summed E-state index contributed by atoms with van der Waals surface area (Å²) >= 11 is 11.9. The minimum absolute atomic E-state index is 0.102. The molecule has 0 spiro atoms. The number of pyridine rings is 1. The summed E-state index contributed by atoms with van der Waals surface area (Å²) in [5.74, 6) is -1.12. The van der Waals surface area contributed by atoms with Crippen LogP contribution in [0.2, 0.25) is 10.0 Å². The number of sulfonamides is 1. The number of nitrogens with one attached hydrogen (secondary N) is 1. The predicted molar refractivity (Wildman–Crippen MR) is 133 cm³/mol. The van der Waals surface area contributed by atoms with Gasteiger partial charge in [0.05, 0.1) is 16.1 Å². The number of halogens is 2. The van der Waals surface area contributed by atoms with E-state index in [-0.39, 0.29) is 26.5 Å². The number of amides is 1. The average molecular weight is 533 g/mol. The van der Waals surface area contributed by atoms with Crippen LogP contribution in [-0.4, -0.2) is 48.5 Å². The van der Waals surface area contributed by atoms with Gasteiger partial charge in [0.1, 0.15) is 12.4 Å². The molecule has 2 heterocycles. The molecule has 1 amide bonds. The molecule has 0 aliphatic rings. The molecule has 2 aromatic heterocycles. The molecule has 2 aromatic carbocycles. The highest BCUT2D eigenvalue weighted by Gasteiger charge is 2.28. The van der Waals surface area contributed by atoms with E-state index in [1.165, 1.54) is 37.5 Å². The summed E-state index contributed by atoms with van der Waals surface area (Å²) in [5, 5.41) is 12.8. The number of nitrogens with zero attached hydrogens (tertiary/aromatic N) is 3. The van der Waals surface area contributed by atoms with Crippen molar-refractivity contribution in [2.24, 2.45) is 0 Å². The number of benzene rings is 2. The van der Waals surface area contributed by atoms with Gasteiger partial charge in [0.15, 0.2) is 0 Å². The van der Waals surface area contributed by atoms with Crippen LogP contribution in [0.1, 0.15) is 10.4 Å². The van der Waals surface area contributed by atoms with Crippen molar-refractivity contribution in [2.45, 2.75) is 4.90 Å². The first kappa shape index (κ1) is 24.5. The van der Waals surface area contributed by atoms with E-state index in [2.05, 4.69) is 10.3 Å². The molecule has 0 radical (unpaired) electrons. The van der Waals surface area contributed by atoms with Crippen LogP contribution >= 0.6 is 23.2 Å². The fourth-order valence-corrected chi connectivity index (χ4v) is 5.70. The van der Waals surface area contributed by atoms with Gasteiger partial charge in [-0.1, -0.05) is 23.2 Å². The Balaban J connectivity index is 1.79. The van der Waals surface area contributed by atoms with Gasteiger partial charge in [-0.15, -0.1) is 0 Å². The molecule has 12 heteroatoms. The lowest BCUT2D eigenvalue weighted by molar-refractivity contribution is -0.135. The van der Waals surface area contributed by atoms with Crippen LogP contribution in [-0.2, 0) is 14.8 Å². The third-order valence-electron chi connectivity index (χ3n) is 5.15. The van der Waals surface area contributed by atoms with Crippen LogP contribution in [0.4, 0.5) is 5.69 Å². The first-order valence-corrected chi connectivity index (χ1v) is 12.3. The summed E-state index contributed by atoms with van der Waals surface area (Å²) < 4.78 is 29.2. The fourth-order valence-electron chi connectivity index (χ4n) is 3.56. The molecule has 4 rings (SSSR count).